The monoisotopic (exact) mass is 377 g/mol. The fourth-order valence-electron chi connectivity index (χ4n) is 4.24. The molecule has 7 heteroatoms. The summed E-state index contributed by atoms with van der Waals surface area (Å²) < 4.78 is 14.2. The maximum absolute atomic E-state index is 14.2. The van der Waals surface area contributed by atoms with E-state index in [-0.39, 0.29) is 36.5 Å². The predicted molar refractivity (Wildman–Crippen MR) is 99.9 cm³/mol. The van der Waals surface area contributed by atoms with Gasteiger partial charge in [0.25, 0.3) is 0 Å². The molecule has 0 bridgehead atoms. The van der Waals surface area contributed by atoms with E-state index in [2.05, 4.69) is 12.2 Å². The van der Waals surface area contributed by atoms with Gasteiger partial charge in [-0.05, 0) is 37.8 Å². The van der Waals surface area contributed by atoms with Gasteiger partial charge in [-0.1, -0.05) is 32.0 Å². The van der Waals surface area contributed by atoms with Gasteiger partial charge in [-0.15, -0.1) is 0 Å². The summed E-state index contributed by atoms with van der Waals surface area (Å²) in [4.78, 5) is 27.4. The van der Waals surface area contributed by atoms with Crippen LogP contribution in [0.2, 0.25) is 0 Å². The molecule has 0 radical (unpaired) electrons. The number of likely N-dealkylation sites (tertiary alicyclic amines) is 1. The van der Waals surface area contributed by atoms with Crippen molar-refractivity contribution in [3.63, 3.8) is 0 Å². The summed E-state index contributed by atoms with van der Waals surface area (Å²) in [5, 5.41) is 12.0. The normalized spacial score (nSPS) is 27.5. The molecular formula is C20H28FN3O3. The summed E-state index contributed by atoms with van der Waals surface area (Å²) in [6.07, 6.45) is 2.26. The predicted octanol–water partition coefficient (Wildman–Crippen LogP) is 2.86. The number of carboxylic acid groups (broad SMARTS) is 1. The van der Waals surface area contributed by atoms with E-state index in [1.165, 1.54) is 6.07 Å². The molecule has 1 aliphatic heterocycles. The maximum Gasteiger partial charge on any atom is 0.318 e. The van der Waals surface area contributed by atoms with Crippen LogP contribution < -0.4 is 5.32 Å². The average Bonchev–Trinajstić information content (AvgIpc) is 2.97. The highest BCUT2D eigenvalue weighted by molar-refractivity contribution is 5.75. The summed E-state index contributed by atoms with van der Waals surface area (Å²) >= 11 is 0. The Bertz CT molecular complexity index is 693. The Hall–Kier alpha value is -2.15. The van der Waals surface area contributed by atoms with E-state index < -0.39 is 5.97 Å². The third-order valence-corrected chi connectivity index (χ3v) is 5.74. The Kier molecular flexibility index (Phi) is 5.99. The van der Waals surface area contributed by atoms with Gasteiger partial charge in [0, 0.05) is 24.2 Å². The van der Waals surface area contributed by atoms with Gasteiger partial charge >= 0.3 is 12.0 Å². The first-order valence-corrected chi connectivity index (χ1v) is 9.66. The number of urea groups is 1. The van der Waals surface area contributed by atoms with Gasteiger partial charge < -0.3 is 15.3 Å². The number of amides is 2. The van der Waals surface area contributed by atoms with Crippen LogP contribution in [0.3, 0.4) is 0 Å². The number of aliphatic carboxylic acids is 1. The quantitative estimate of drug-likeness (QED) is 0.800. The smallest absolute Gasteiger partial charge is 0.318 e. The number of carbonyl (C=O) groups is 2. The zero-order chi connectivity index (χ0) is 19.6. The first kappa shape index (κ1) is 19.6. The molecule has 2 amide bonds. The van der Waals surface area contributed by atoms with E-state index in [0.717, 1.165) is 19.3 Å². The van der Waals surface area contributed by atoms with Crippen molar-refractivity contribution in [3.05, 3.63) is 35.6 Å². The third kappa shape index (κ3) is 4.40. The standard InChI is InChI=1S/C20H28FN3O3/c1-3-23(12-19(25)26)15-9-14(10-15)22-20(27)24-11-13(2)8-18(24)16-6-4-5-7-17(16)21/h4-7,13-15,18H,3,8-12H2,1-2H3,(H,22,27)(H,25,26). The van der Waals surface area contributed by atoms with E-state index in [1.54, 1.807) is 23.1 Å². The number of rotatable bonds is 6. The molecule has 1 aromatic carbocycles. The lowest BCUT2D eigenvalue weighted by atomic mass is 9.85. The molecule has 1 aromatic rings. The molecule has 3 rings (SSSR count). The zero-order valence-electron chi connectivity index (χ0n) is 15.9. The van der Waals surface area contributed by atoms with Gasteiger partial charge in [-0.25, -0.2) is 9.18 Å². The van der Waals surface area contributed by atoms with Crippen molar-refractivity contribution in [2.24, 2.45) is 5.92 Å². The molecule has 2 aliphatic rings. The molecule has 27 heavy (non-hydrogen) atoms. The van der Waals surface area contributed by atoms with Gasteiger partial charge in [0.15, 0.2) is 0 Å². The van der Waals surface area contributed by atoms with Gasteiger partial charge in [-0.3, -0.25) is 9.69 Å². The van der Waals surface area contributed by atoms with Crippen LogP contribution in [0.4, 0.5) is 9.18 Å². The highest BCUT2D eigenvalue weighted by Gasteiger charge is 2.39. The Morgan fingerprint density at radius 1 is 1.30 bits per heavy atom. The number of halogens is 1. The van der Waals surface area contributed by atoms with Crippen LogP contribution in [0.25, 0.3) is 0 Å². The van der Waals surface area contributed by atoms with Crippen LogP contribution in [0.5, 0.6) is 0 Å². The van der Waals surface area contributed by atoms with Gasteiger partial charge in [-0.2, -0.15) is 0 Å². The second kappa shape index (κ2) is 8.25. The molecule has 1 saturated carbocycles. The van der Waals surface area contributed by atoms with Crippen molar-refractivity contribution >= 4 is 12.0 Å². The SMILES string of the molecule is CCN(CC(=O)O)C1CC(NC(=O)N2CC(C)CC2c2ccccc2F)C1. The molecule has 2 atom stereocenters. The number of nitrogens with zero attached hydrogens (tertiary/aromatic N) is 2. The molecule has 6 nitrogen and oxygen atoms in total. The largest absolute Gasteiger partial charge is 0.480 e. The lowest BCUT2D eigenvalue weighted by Gasteiger charge is -2.43. The Morgan fingerprint density at radius 3 is 2.63 bits per heavy atom. The van der Waals surface area contributed by atoms with Crippen molar-refractivity contribution in [2.45, 2.75) is 51.2 Å². The zero-order valence-corrected chi connectivity index (χ0v) is 15.9. The van der Waals surface area contributed by atoms with Crippen molar-refractivity contribution < 1.29 is 19.1 Å². The Labute approximate surface area is 159 Å². The number of hydrogen-bond acceptors (Lipinski definition) is 3. The molecule has 148 valence electrons. The van der Waals surface area contributed by atoms with Crippen molar-refractivity contribution in [2.75, 3.05) is 19.6 Å². The van der Waals surface area contributed by atoms with E-state index in [4.69, 9.17) is 5.11 Å². The minimum atomic E-state index is -0.830. The minimum Gasteiger partial charge on any atom is -0.480 e. The van der Waals surface area contributed by atoms with Gasteiger partial charge in [0.05, 0.1) is 12.6 Å². The molecule has 2 unspecified atom stereocenters. The van der Waals surface area contributed by atoms with Gasteiger partial charge in [0.2, 0.25) is 0 Å². The summed E-state index contributed by atoms with van der Waals surface area (Å²) in [5.41, 5.74) is 0.571. The molecule has 2 fully saturated rings. The molecular weight excluding hydrogens is 349 g/mol. The van der Waals surface area contributed by atoms with Crippen molar-refractivity contribution in [1.82, 2.24) is 15.1 Å². The molecule has 0 aromatic heterocycles. The van der Waals surface area contributed by atoms with Crippen LogP contribution in [0, 0.1) is 11.7 Å². The maximum atomic E-state index is 14.2. The lowest BCUT2D eigenvalue weighted by molar-refractivity contribution is -0.139. The number of nitrogens with one attached hydrogen (secondary N) is 1. The topological polar surface area (TPSA) is 72.9 Å². The van der Waals surface area contributed by atoms with E-state index in [9.17, 15) is 14.0 Å². The molecule has 1 heterocycles. The fraction of sp³-hybridized carbons (Fsp3) is 0.600. The Morgan fingerprint density at radius 2 is 2.00 bits per heavy atom. The van der Waals surface area contributed by atoms with Crippen molar-refractivity contribution in [3.8, 4) is 0 Å². The van der Waals surface area contributed by atoms with Crippen LogP contribution in [-0.2, 0) is 4.79 Å². The summed E-state index contributed by atoms with van der Waals surface area (Å²) in [5.74, 6) is -0.783. The molecule has 0 spiro atoms. The van der Waals surface area contributed by atoms with E-state index in [1.807, 2.05) is 11.8 Å². The summed E-state index contributed by atoms with van der Waals surface area (Å²) in [6, 6.07) is 6.49. The molecule has 1 aliphatic carbocycles. The molecule has 1 saturated heterocycles. The highest BCUT2D eigenvalue weighted by Crippen LogP contribution is 2.36. The number of likely N-dealkylation sites (N-methyl/N-ethyl adjacent to an activating group) is 1. The molecule has 2 N–H and O–H groups in total. The number of hydrogen-bond donors (Lipinski definition) is 2. The van der Waals surface area contributed by atoms with Gasteiger partial charge in [0.1, 0.15) is 5.82 Å². The summed E-state index contributed by atoms with van der Waals surface area (Å²) in [6.45, 7) is 5.34. The van der Waals surface area contributed by atoms with E-state index >= 15 is 0 Å². The van der Waals surface area contributed by atoms with Crippen LogP contribution in [0.1, 0.15) is 44.7 Å². The first-order chi connectivity index (χ1) is 12.9. The first-order valence-electron chi connectivity index (χ1n) is 9.66. The third-order valence-electron chi connectivity index (χ3n) is 5.74. The van der Waals surface area contributed by atoms with Crippen molar-refractivity contribution in [1.29, 1.82) is 0 Å². The average molecular weight is 377 g/mol. The van der Waals surface area contributed by atoms with Crippen LogP contribution in [0.15, 0.2) is 24.3 Å². The fourth-order valence-corrected chi connectivity index (χ4v) is 4.24. The Balaban J connectivity index is 1.58. The minimum absolute atomic E-state index is 0.0286. The highest BCUT2D eigenvalue weighted by atomic mass is 19.1. The lowest BCUT2D eigenvalue weighted by Crippen LogP contribution is -2.56. The number of benzene rings is 1. The summed E-state index contributed by atoms with van der Waals surface area (Å²) in [7, 11) is 0. The number of carbonyl (C=O) groups excluding carboxylic acids is 1. The van der Waals surface area contributed by atoms with Crippen LogP contribution >= 0.6 is 0 Å². The second-order valence-electron chi connectivity index (χ2n) is 7.76. The number of carboxylic acids is 1. The van der Waals surface area contributed by atoms with E-state index in [0.29, 0.717) is 24.6 Å². The van der Waals surface area contributed by atoms with Crippen LogP contribution in [-0.4, -0.2) is 58.6 Å². The second-order valence-corrected chi connectivity index (χ2v) is 7.76.